The van der Waals surface area contributed by atoms with E-state index in [1.807, 2.05) is 26.0 Å². The molecule has 1 aromatic carbocycles. The molecule has 176 valence electrons. The summed E-state index contributed by atoms with van der Waals surface area (Å²) < 4.78 is 1.73. The van der Waals surface area contributed by atoms with Gasteiger partial charge in [-0.3, -0.25) is 14.5 Å². The van der Waals surface area contributed by atoms with Crippen molar-refractivity contribution in [2.45, 2.75) is 20.4 Å². The average molecular weight is 480 g/mol. The van der Waals surface area contributed by atoms with Crippen LogP contribution >= 0.6 is 11.6 Å². The first kappa shape index (κ1) is 22.4. The molecule has 5 rings (SSSR count). The van der Waals surface area contributed by atoms with Crippen LogP contribution in [0.25, 0.3) is 16.6 Å². The number of nitrogens with zero attached hydrogens (tertiary/aromatic N) is 5. The van der Waals surface area contributed by atoms with Crippen LogP contribution in [0.1, 0.15) is 27.2 Å². The molecule has 34 heavy (non-hydrogen) atoms. The van der Waals surface area contributed by atoms with E-state index >= 15 is 0 Å². The Balaban J connectivity index is 1.32. The number of pyridine rings is 1. The maximum Gasteiger partial charge on any atom is 0.274 e. The summed E-state index contributed by atoms with van der Waals surface area (Å²) in [6.45, 7) is 8.05. The van der Waals surface area contributed by atoms with Crippen LogP contribution in [0.5, 0.6) is 0 Å². The molecule has 1 amide bonds. The Hall–Kier alpha value is -3.43. The SMILES string of the molecule is CNC(=O)c1ccc(N2CCN(Cc3ccc4c([nH]c(=O)c5c(C)cnn54)c3C)CC2)c(Cl)n1. The quantitative estimate of drug-likeness (QED) is 0.436. The summed E-state index contributed by atoms with van der Waals surface area (Å²) in [6.07, 6.45) is 1.72. The first-order chi connectivity index (χ1) is 16.4. The lowest BCUT2D eigenvalue weighted by atomic mass is 10.1. The summed E-state index contributed by atoms with van der Waals surface area (Å²) in [7, 11) is 1.57. The highest BCUT2D eigenvalue weighted by Gasteiger charge is 2.21. The second-order valence-electron chi connectivity index (χ2n) is 8.63. The number of nitrogens with one attached hydrogen (secondary N) is 2. The van der Waals surface area contributed by atoms with E-state index in [9.17, 15) is 9.59 Å². The molecule has 0 radical (unpaired) electrons. The number of fused-ring (bicyclic) bond motifs is 3. The first-order valence-corrected chi connectivity index (χ1v) is 11.6. The molecule has 0 saturated carbocycles. The van der Waals surface area contributed by atoms with E-state index in [-0.39, 0.29) is 11.5 Å². The maximum atomic E-state index is 12.6. The molecule has 1 fully saturated rings. The van der Waals surface area contributed by atoms with Crippen molar-refractivity contribution in [3.8, 4) is 0 Å². The van der Waals surface area contributed by atoms with E-state index < -0.39 is 0 Å². The molecule has 10 heteroatoms. The van der Waals surface area contributed by atoms with Gasteiger partial charge in [-0.2, -0.15) is 5.10 Å². The monoisotopic (exact) mass is 479 g/mol. The van der Waals surface area contributed by atoms with E-state index in [2.05, 4.69) is 36.2 Å². The molecule has 2 N–H and O–H groups in total. The minimum Gasteiger partial charge on any atom is -0.366 e. The number of hydrogen-bond donors (Lipinski definition) is 2. The second-order valence-corrected chi connectivity index (χ2v) is 8.99. The Bertz CT molecular complexity index is 1470. The Kier molecular flexibility index (Phi) is 5.75. The first-order valence-electron chi connectivity index (χ1n) is 11.2. The largest absolute Gasteiger partial charge is 0.366 e. The van der Waals surface area contributed by atoms with Gasteiger partial charge in [0.2, 0.25) is 0 Å². The van der Waals surface area contributed by atoms with Gasteiger partial charge in [0.05, 0.1) is 22.9 Å². The van der Waals surface area contributed by atoms with Crippen LogP contribution in [0.3, 0.4) is 0 Å². The van der Waals surface area contributed by atoms with Gasteiger partial charge in [0, 0.05) is 45.3 Å². The van der Waals surface area contributed by atoms with Gasteiger partial charge in [-0.05, 0) is 43.2 Å². The number of hydrogen-bond acceptors (Lipinski definition) is 6. The van der Waals surface area contributed by atoms with Gasteiger partial charge in [-0.15, -0.1) is 0 Å². The average Bonchev–Trinajstić information content (AvgIpc) is 3.23. The maximum absolute atomic E-state index is 12.6. The molecule has 9 nitrogen and oxygen atoms in total. The van der Waals surface area contributed by atoms with Crippen molar-refractivity contribution in [1.29, 1.82) is 0 Å². The normalized spacial score (nSPS) is 14.8. The molecular weight excluding hydrogens is 454 g/mol. The number of aryl methyl sites for hydroxylation is 2. The van der Waals surface area contributed by atoms with Crippen molar-refractivity contribution >= 4 is 39.7 Å². The molecule has 1 aliphatic heterocycles. The predicted molar refractivity (Wildman–Crippen MR) is 133 cm³/mol. The summed E-state index contributed by atoms with van der Waals surface area (Å²) in [4.78, 5) is 36.3. The van der Waals surface area contributed by atoms with Crippen LogP contribution in [-0.4, -0.2) is 63.6 Å². The molecule has 0 unspecified atom stereocenters. The summed E-state index contributed by atoms with van der Waals surface area (Å²) in [6, 6.07) is 7.71. The highest BCUT2D eigenvalue weighted by Crippen LogP contribution is 2.27. The lowest BCUT2D eigenvalue weighted by molar-refractivity contribution is 0.0958. The lowest BCUT2D eigenvalue weighted by Gasteiger charge is -2.36. The number of aromatic nitrogens is 4. The number of H-pyrrole nitrogens is 1. The third-order valence-corrected chi connectivity index (χ3v) is 6.86. The second kappa shape index (κ2) is 8.73. The molecule has 1 saturated heterocycles. The molecule has 3 aromatic heterocycles. The van der Waals surface area contributed by atoms with Crippen LogP contribution in [0.4, 0.5) is 5.69 Å². The van der Waals surface area contributed by atoms with Gasteiger partial charge in [0.1, 0.15) is 11.2 Å². The van der Waals surface area contributed by atoms with Crippen LogP contribution in [0.15, 0.2) is 35.3 Å². The topological polar surface area (TPSA) is 98.6 Å². The van der Waals surface area contributed by atoms with E-state index in [4.69, 9.17) is 11.6 Å². The molecule has 0 atom stereocenters. The fourth-order valence-electron chi connectivity index (χ4n) is 4.61. The zero-order valence-electron chi connectivity index (χ0n) is 19.4. The van der Waals surface area contributed by atoms with Gasteiger partial charge in [-0.1, -0.05) is 17.7 Å². The number of halogens is 1. The molecule has 0 bridgehead atoms. The smallest absolute Gasteiger partial charge is 0.274 e. The Labute approximate surface area is 201 Å². The Morgan fingerprint density at radius 3 is 2.62 bits per heavy atom. The van der Waals surface area contributed by atoms with Crippen LogP contribution < -0.4 is 15.8 Å². The number of carbonyl (C=O) groups is 1. The predicted octanol–water partition coefficient (Wildman–Crippen LogP) is 2.52. The van der Waals surface area contributed by atoms with Gasteiger partial charge in [0.15, 0.2) is 5.15 Å². The van der Waals surface area contributed by atoms with Crippen LogP contribution in [0.2, 0.25) is 5.15 Å². The number of piperazine rings is 1. The zero-order valence-corrected chi connectivity index (χ0v) is 20.1. The molecule has 4 aromatic rings. The van der Waals surface area contributed by atoms with Gasteiger partial charge < -0.3 is 15.2 Å². The highest BCUT2D eigenvalue weighted by molar-refractivity contribution is 6.32. The lowest BCUT2D eigenvalue weighted by Crippen LogP contribution is -2.46. The number of anilines is 1. The minimum absolute atomic E-state index is 0.121. The molecular formula is C24H26ClN7O2. The van der Waals surface area contributed by atoms with Crippen LogP contribution in [-0.2, 0) is 6.54 Å². The van der Waals surface area contributed by atoms with Crippen molar-refractivity contribution in [2.75, 3.05) is 38.1 Å². The Morgan fingerprint density at radius 2 is 1.91 bits per heavy atom. The number of rotatable bonds is 4. The third kappa shape index (κ3) is 3.80. The van der Waals surface area contributed by atoms with Gasteiger partial charge in [-0.25, -0.2) is 9.50 Å². The van der Waals surface area contributed by atoms with Gasteiger partial charge in [0.25, 0.3) is 11.5 Å². The van der Waals surface area contributed by atoms with Crippen molar-refractivity contribution in [2.24, 2.45) is 0 Å². The number of carbonyl (C=O) groups excluding carboxylic acids is 1. The van der Waals surface area contributed by atoms with Crippen molar-refractivity contribution in [1.82, 2.24) is 29.8 Å². The zero-order chi connectivity index (χ0) is 24.0. The number of aromatic amines is 1. The molecule has 0 aliphatic carbocycles. The molecule has 4 heterocycles. The summed E-state index contributed by atoms with van der Waals surface area (Å²) in [5.41, 5.74) is 6.44. The highest BCUT2D eigenvalue weighted by atomic mass is 35.5. The number of benzene rings is 1. The van der Waals surface area contributed by atoms with Crippen molar-refractivity contribution in [3.63, 3.8) is 0 Å². The Morgan fingerprint density at radius 1 is 1.15 bits per heavy atom. The van der Waals surface area contributed by atoms with Crippen molar-refractivity contribution in [3.05, 3.63) is 68.4 Å². The summed E-state index contributed by atoms with van der Waals surface area (Å²) in [5, 5.41) is 7.30. The number of amides is 1. The molecule has 1 aliphatic rings. The fraction of sp³-hybridized carbons (Fsp3) is 0.333. The van der Waals surface area contributed by atoms with E-state index in [0.29, 0.717) is 16.4 Å². The molecule has 0 spiro atoms. The fourth-order valence-corrected chi connectivity index (χ4v) is 4.89. The van der Waals surface area contributed by atoms with Gasteiger partial charge >= 0.3 is 0 Å². The standard InChI is InChI=1S/C24H26ClN7O2/c1-14-12-27-32-18-6-4-16(15(2)20(18)29-24(34)21(14)32)13-30-8-10-31(11-9-30)19-7-5-17(23(33)26-3)28-22(19)25/h4-7,12H,8-11,13H2,1-3H3,(H,26,33)(H,29,34). The minimum atomic E-state index is -0.256. The van der Waals surface area contributed by atoms with Crippen molar-refractivity contribution < 1.29 is 4.79 Å². The van der Waals surface area contributed by atoms with E-state index in [0.717, 1.165) is 60.6 Å². The van der Waals surface area contributed by atoms with E-state index in [1.165, 1.54) is 5.56 Å². The summed E-state index contributed by atoms with van der Waals surface area (Å²) >= 11 is 6.38. The third-order valence-electron chi connectivity index (χ3n) is 6.58. The van der Waals surface area contributed by atoms with Crippen LogP contribution in [0, 0.1) is 13.8 Å². The summed E-state index contributed by atoms with van der Waals surface area (Å²) in [5.74, 6) is -0.256. The van der Waals surface area contributed by atoms with E-state index in [1.54, 1.807) is 23.8 Å².